The Morgan fingerprint density at radius 2 is 1.83 bits per heavy atom. The number of amides is 1. The molecule has 0 N–H and O–H groups in total. The molecule has 1 atom stereocenters. The molecule has 4 nitrogen and oxygen atoms in total. The third-order valence-corrected chi connectivity index (χ3v) is 7.29. The van der Waals surface area contributed by atoms with Crippen LogP contribution in [-0.2, 0) is 11.4 Å². The third kappa shape index (κ3) is 6.21. The minimum Gasteiger partial charge on any atom is -0.488 e. The first-order valence-corrected chi connectivity index (χ1v) is 13.0. The van der Waals surface area contributed by atoms with E-state index in [4.69, 9.17) is 9.73 Å². The van der Waals surface area contributed by atoms with E-state index in [1.54, 1.807) is 17.0 Å². The smallest absolute Gasteiger partial charge is 0.266 e. The van der Waals surface area contributed by atoms with E-state index in [1.165, 1.54) is 29.5 Å². The highest BCUT2D eigenvalue weighted by atomic mass is 79.9. The van der Waals surface area contributed by atoms with E-state index >= 15 is 0 Å². The van der Waals surface area contributed by atoms with Crippen LogP contribution < -0.4 is 4.74 Å². The fourth-order valence-electron chi connectivity index (χ4n) is 3.48. The standard InChI is InChI=1S/C28H26BrFN2O2S/c1-4-19(3)32-27(33)26(35-28(32)31-23-12-5-18(2)6-13-23)16-21-9-14-25(24(29)15-21)34-17-20-7-10-22(30)11-8-20/h5-16,19H,4,17H2,1-3H3/b26-16+,31-28?/t19-/m1/s1. The van der Waals surface area contributed by atoms with Gasteiger partial charge in [0.05, 0.1) is 15.1 Å². The number of thioether (sulfide) groups is 1. The molecule has 4 rings (SSSR count). The molecule has 35 heavy (non-hydrogen) atoms. The van der Waals surface area contributed by atoms with E-state index in [-0.39, 0.29) is 17.8 Å². The summed E-state index contributed by atoms with van der Waals surface area (Å²) >= 11 is 4.96. The van der Waals surface area contributed by atoms with E-state index < -0.39 is 0 Å². The zero-order chi connectivity index (χ0) is 24.9. The number of rotatable bonds is 7. The minimum absolute atomic E-state index is 0.0389. The summed E-state index contributed by atoms with van der Waals surface area (Å²) in [5.41, 5.74) is 3.75. The number of ether oxygens (including phenoxy) is 1. The lowest BCUT2D eigenvalue weighted by Gasteiger charge is -2.22. The average molecular weight is 553 g/mol. The van der Waals surface area contributed by atoms with Crippen LogP contribution in [0.15, 0.2) is 81.1 Å². The van der Waals surface area contributed by atoms with Gasteiger partial charge in [-0.05, 0) is 102 Å². The van der Waals surface area contributed by atoms with Crippen LogP contribution in [0.1, 0.15) is 37.0 Å². The van der Waals surface area contributed by atoms with Crippen LogP contribution in [0.25, 0.3) is 6.08 Å². The number of nitrogens with zero attached hydrogens (tertiary/aromatic N) is 2. The summed E-state index contributed by atoms with van der Waals surface area (Å²) in [5.74, 6) is 0.360. The molecule has 180 valence electrons. The summed E-state index contributed by atoms with van der Waals surface area (Å²) in [7, 11) is 0. The lowest BCUT2D eigenvalue weighted by Crippen LogP contribution is -2.36. The first-order valence-electron chi connectivity index (χ1n) is 11.4. The van der Waals surface area contributed by atoms with E-state index in [2.05, 4.69) is 22.9 Å². The second kappa shape index (κ2) is 11.2. The van der Waals surface area contributed by atoms with Crippen LogP contribution in [0.5, 0.6) is 5.75 Å². The largest absolute Gasteiger partial charge is 0.488 e. The fourth-order valence-corrected chi connectivity index (χ4v) is 5.08. The normalized spacial score (nSPS) is 16.8. The van der Waals surface area contributed by atoms with Crippen LogP contribution in [0.2, 0.25) is 0 Å². The van der Waals surface area contributed by atoms with Crippen molar-refractivity contribution in [3.05, 3.63) is 98.6 Å². The van der Waals surface area contributed by atoms with E-state index in [0.29, 0.717) is 22.4 Å². The van der Waals surface area contributed by atoms with Gasteiger partial charge >= 0.3 is 0 Å². The molecule has 1 fully saturated rings. The first kappa shape index (κ1) is 25.2. The minimum atomic E-state index is -0.273. The van der Waals surface area contributed by atoms with Crippen molar-refractivity contribution in [3.63, 3.8) is 0 Å². The molecule has 1 heterocycles. The Morgan fingerprint density at radius 1 is 1.11 bits per heavy atom. The van der Waals surface area contributed by atoms with Crippen LogP contribution >= 0.6 is 27.7 Å². The Bertz CT molecular complexity index is 1270. The highest BCUT2D eigenvalue weighted by Gasteiger charge is 2.36. The van der Waals surface area contributed by atoms with Gasteiger partial charge in [0.25, 0.3) is 5.91 Å². The molecule has 0 bridgehead atoms. The monoisotopic (exact) mass is 552 g/mol. The number of hydrogen-bond acceptors (Lipinski definition) is 4. The Balaban J connectivity index is 1.54. The van der Waals surface area contributed by atoms with Crippen molar-refractivity contribution < 1.29 is 13.9 Å². The molecule has 0 unspecified atom stereocenters. The van der Waals surface area contributed by atoms with Gasteiger partial charge in [0, 0.05) is 6.04 Å². The maximum absolute atomic E-state index is 13.3. The molecule has 1 aliphatic rings. The van der Waals surface area contributed by atoms with E-state index in [1.807, 2.05) is 62.4 Å². The highest BCUT2D eigenvalue weighted by molar-refractivity contribution is 9.10. The quantitative estimate of drug-likeness (QED) is 0.280. The van der Waals surface area contributed by atoms with Crippen molar-refractivity contribution in [2.45, 2.75) is 39.8 Å². The molecule has 1 amide bonds. The predicted molar refractivity (Wildman–Crippen MR) is 145 cm³/mol. The van der Waals surface area contributed by atoms with E-state index in [0.717, 1.165) is 27.7 Å². The molecule has 0 aromatic heterocycles. The van der Waals surface area contributed by atoms with E-state index in [9.17, 15) is 9.18 Å². The molecule has 0 spiro atoms. The number of benzene rings is 3. The van der Waals surface area contributed by atoms with Crippen LogP contribution in [0.4, 0.5) is 10.1 Å². The first-order chi connectivity index (χ1) is 16.8. The Kier molecular flexibility index (Phi) is 8.08. The second-order valence-electron chi connectivity index (χ2n) is 8.38. The van der Waals surface area contributed by atoms with Gasteiger partial charge in [0.15, 0.2) is 5.17 Å². The van der Waals surface area contributed by atoms with Crippen LogP contribution in [0.3, 0.4) is 0 Å². The van der Waals surface area contributed by atoms with Crippen molar-refractivity contribution in [1.82, 2.24) is 4.90 Å². The molecule has 3 aromatic carbocycles. The Hall–Kier alpha value is -2.90. The van der Waals surface area contributed by atoms with Gasteiger partial charge in [-0.25, -0.2) is 9.38 Å². The number of aliphatic imine (C=N–C) groups is 1. The van der Waals surface area contributed by atoms with Crippen LogP contribution in [0, 0.1) is 12.7 Å². The summed E-state index contributed by atoms with van der Waals surface area (Å²) in [6, 6.07) is 19.9. The van der Waals surface area contributed by atoms with Crippen LogP contribution in [-0.4, -0.2) is 22.0 Å². The van der Waals surface area contributed by atoms with Gasteiger partial charge in [-0.2, -0.15) is 0 Å². The van der Waals surface area contributed by atoms with Gasteiger partial charge in [0.2, 0.25) is 0 Å². The zero-order valence-electron chi connectivity index (χ0n) is 19.8. The number of carbonyl (C=O) groups excluding carboxylic acids is 1. The molecule has 1 saturated heterocycles. The van der Waals surface area contributed by atoms with Gasteiger partial charge < -0.3 is 4.74 Å². The molecule has 7 heteroatoms. The second-order valence-corrected chi connectivity index (χ2v) is 10.2. The topological polar surface area (TPSA) is 41.9 Å². The average Bonchev–Trinajstić information content (AvgIpc) is 3.15. The number of amidine groups is 1. The van der Waals surface area contributed by atoms with Crippen molar-refractivity contribution >= 4 is 50.5 Å². The number of aryl methyl sites for hydroxylation is 1. The molecule has 0 aliphatic carbocycles. The Morgan fingerprint density at radius 3 is 2.49 bits per heavy atom. The molecule has 0 radical (unpaired) electrons. The molecular formula is C28H26BrFN2O2S. The maximum Gasteiger partial charge on any atom is 0.266 e. The summed E-state index contributed by atoms with van der Waals surface area (Å²) in [6.45, 7) is 6.47. The summed E-state index contributed by atoms with van der Waals surface area (Å²) < 4.78 is 19.7. The lowest BCUT2D eigenvalue weighted by atomic mass is 10.2. The van der Waals surface area contributed by atoms with Gasteiger partial charge in [0.1, 0.15) is 18.2 Å². The zero-order valence-corrected chi connectivity index (χ0v) is 22.2. The lowest BCUT2D eigenvalue weighted by molar-refractivity contribution is -0.123. The Labute approximate surface area is 218 Å². The van der Waals surface area contributed by atoms with Gasteiger partial charge in [-0.15, -0.1) is 0 Å². The third-order valence-electron chi connectivity index (χ3n) is 5.69. The molecule has 1 aliphatic heterocycles. The SMILES string of the molecule is CC[C@@H](C)N1C(=O)/C(=C\c2ccc(OCc3ccc(F)cc3)c(Br)c2)SC1=Nc1ccc(C)cc1. The molecule has 0 saturated carbocycles. The summed E-state index contributed by atoms with van der Waals surface area (Å²) in [5, 5.41) is 0.692. The molecule has 3 aromatic rings. The fraction of sp³-hybridized carbons (Fsp3) is 0.214. The maximum atomic E-state index is 13.3. The van der Waals surface area contributed by atoms with Gasteiger partial charge in [-0.1, -0.05) is 42.8 Å². The van der Waals surface area contributed by atoms with Crippen molar-refractivity contribution in [1.29, 1.82) is 0 Å². The van der Waals surface area contributed by atoms with Crippen molar-refractivity contribution in [2.24, 2.45) is 4.99 Å². The number of hydrogen-bond donors (Lipinski definition) is 0. The molecular weight excluding hydrogens is 527 g/mol. The number of halogens is 2. The summed E-state index contributed by atoms with van der Waals surface area (Å²) in [6.07, 6.45) is 2.71. The predicted octanol–water partition coefficient (Wildman–Crippen LogP) is 7.88. The highest BCUT2D eigenvalue weighted by Crippen LogP contribution is 2.37. The van der Waals surface area contributed by atoms with Crippen molar-refractivity contribution in [2.75, 3.05) is 0 Å². The summed E-state index contributed by atoms with van der Waals surface area (Å²) in [4.78, 5) is 20.5. The van der Waals surface area contributed by atoms with Crippen molar-refractivity contribution in [3.8, 4) is 5.75 Å². The number of carbonyl (C=O) groups is 1. The van der Waals surface area contributed by atoms with Gasteiger partial charge in [-0.3, -0.25) is 9.69 Å².